The van der Waals surface area contributed by atoms with Crippen LogP contribution in [0, 0.1) is 0 Å². The molecule has 1 aliphatic carbocycles. The van der Waals surface area contributed by atoms with Gasteiger partial charge in [-0.25, -0.2) is 0 Å². The second kappa shape index (κ2) is 5.08. The van der Waals surface area contributed by atoms with Gasteiger partial charge >= 0.3 is 0 Å². The van der Waals surface area contributed by atoms with Crippen LogP contribution < -0.4 is 4.74 Å². The molecule has 0 bridgehead atoms. The van der Waals surface area contributed by atoms with E-state index in [-0.39, 0.29) is 5.41 Å². The van der Waals surface area contributed by atoms with Crippen molar-refractivity contribution in [3.05, 3.63) is 41.5 Å². The highest BCUT2D eigenvalue weighted by atomic mass is 16.5. The Morgan fingerprint density at radius 1 is 1.00 bits per heavy atom. The molecular weight excluding hydrogens is 252 g/mol. The molecule has 0 heterocycles. The molecule has 106 valence electrons. The Bertz CT molecular complexity index is 627. The summed E-state index contributed by atoms with van der Waals surface area (Å²) in [6.07, 6.45) is 0.953. The van der Waals surface area contributed by atoms with E-state index in [0.717, 1.165) is 12.2 Å². The van der Waals surface area contributed by atoms with Gasteiger partial charge in [0.15, 0.2) is 0 Å². The van der Waals surface area contributed by atoms with Crippen LogP contribution in [0.5, 0.6) is 5.75 Å². The molecule has 20 heavy (non-hydrogen) atoms. The highest BCUT2D eigenvalue weighted by Gasteiger charge is 2.40. The molecule has 0 aliphatic heterocycles. The molecule has 3 rings (SSSR count). The van der Waals surface area contributed by atoms with E-state index in [9.17, 15) is 0 Å². The first-order valence-electron chi connectivity index (χ1n) is 6.83. The summed E-state index contributed by atoms with van der Waals surface area (Å²) in [6, 6.07) is 10.6. The maximum Gasteiger partial charge on any atom is 0.126 e. The summed E-state index contributed by atoms with van der Waals surface area (Å²) in [4.78, 5) is 0. The number of rotatable bonds is 5. The van der Waals surface area contributed by atoms with E-state index in [1.165, 1.54) is 21.9 Å². The van der Waals surface area contributed by atoms with Gasteiger partial charge in [-0.2, -0.15) is 0 Å². The van der Waals surface area contributed by atoms with Crippen molar-refractivity contribution in [2.75, 3.05) is 34.5 Å². The first-order valence-corrected chi connectivity index (χ1v) is 6.83. The van der Waals surface area contributed by atoms with Gasteiger partial charge in [0.05, 0.1) is 20.3 Å². The average molecular weight is 272 g/mol. The molecule has 0 amide bonds. The fourth-order valence-corrected chi connectivity index (χ4v) is 3.53. The van der Waals surface area contributed by atoms with Gasteiger partial charge < -0.3 is 14.2 Å². The molecule has 3 heteroatoms. The van der Waals surface area contributed by atoms with Crippen LogP contribution in [0.15, 0.2) is 30.3 Å². The minimum absolute atomic E-state index is 0.0856. The van der Waals surface area contributed by atoms with Crippen LogP contribution in [-0.2, 0) is 21.3 Å². The molecule has 0 unspecified atom stereocenters. The zero-order chi connectivity index (χ0) is 14.2. The second-order valence-electron chi connectivity index (χ2n) is 5.48. The van der Waals surface area contributed by atoms with Gasteiger partial charge in [0.2, 0.25) is 0 Å². The van der Waals surface area contributed by atoms with Crippen LogP contribution in [0.2, 0.25) is 0 Å². The fraction of sp³-hybridized carbons (Fsp3) is 0.412. The molecule has 0 aromatic heterocycles. The molecule has 0 radical (unpaired) electrons. The van der Waals surface area contributed by atoms with Crippen LogP contribution in [0.3, 0.4) is 0 Å². The molecule has 1 aliphatic rings. The third kappa shape index (κ3) is 1.81. The third-order valence-electron chi connectivity index (χ3n) is 4.25. The topological polar surface area (TPSA) is 27.7 Å². The van der Waals surface area contributed by atoms with Crippen molar-refractivity contribution in [2.24, 2.45) is 0 Å². The largest absolute Gasteiger partial charge is 0.496 e. The first kappa shape index (κ1) is 13.4. The smallest absolute Gasteiger partial charge is 0.126 e. The lowest BCUT2D eigenvalue weighted by Crippen LogP contribution is -2.36. The first-order chi connectivity index (χ1) is 9.75. The molecule has 0 fully saturated rings. The van der Waals surface area contributed by atoms with Crippen molar-refractivity contribution in [3.63, 3.8) is 0 Å². The summed E-state index contributed by atoms with van der Waals surface area (Å²) in [6.45, 7) is 1.33. The Morgan fingerprint density at radius 2 is 1.75 bits per heavy atom. The Hall–Kier alpha value is -1.58. The van der Waals surface area contributed by atoms with E-state index in [1.807, 2.05) is 0 Å². The maximum absolute atomic E-state index is 5.49. The van der Waals surface area contributed by atoms with Gasteiger partial charge in [-0.05, 0) is 29.0 Å². The van der Waals surface area contributed by atoms with E-state index in [1.54, 1.807) is 21.3 Å². The lowest BCUT2D eigenvalue weighted by molar-refractivity contribution is 0.0623. The molecule has 3 nitrogen and oxygen atoms in total. The summed E-state index contributed by atoms with van der Waals surface area (Å²) in [7, 11) is 5.22. The molecule has 0 spiro atoms. The molecule has 0 saturated carbocycles. The fourth-order valence-electron chi connectivity index (χ4n) is 3.53. The van der Waals surface area contributed by atoms with E-state index in [4.69, 9.17) is 14.2 Å². The molecule has 2 aromatic rings. The number of benzene rings is 2. The van der Waals surface area contributed by atoms with Crippen molar-refractivity contribution in [2.45, 2.75) is 11.8 Å². The highest BCUT2D eigenvalue weighted by molar-refractivity contribution is 5.96. The zero-order valence-electron chi connectivity index (χ0n) is 12.2. The van der Waals surface area contributed by atoms with Crippen LogP contribution in [-0.4, -0.2) is 34.5 Å². The van der Waals surface area contributed by atoms with Crippen molar-refractivity contribution < 1.29 is 14.2 Å². The Morgan fingerprint density at radius 3 is 2.40 bits per heavy atom. The normalized spacial score (nSPS) is 15.8. The van der Waals surface area contributed by atoms with Crippen LogP contribution in [0.1, 0.15) is 11.1 Å². The summed E-state index contributed by atoms with van der Waals surface area (Å²) < 4.78 is 16.5. The van der Waals surface area contributed by atoms with Gasteiger partial charge in [0.25, 0.3) is 0 Å². The Kier molecular flexibility index (Phi) is 3.40. The van der Waals surface area contributed by atoms with E-state index in [2.05, 4.69) is 30.3 Å². The SMILES string of the molecule is COCC1(COC)Cc2ccc(OC)c3cccc1c23. The molecule has 0 saturated heterocycles. The number of ether oxygens (including phenoxy) is 3. The van der Waals surface area contributed by atoms with Gasteiger partial charge in [0, 0.05) is 25.0 Å². The quantitative estimate of drug-likeness (QED) is 0.837. The minimum atomic E-state index is -0.0856. The van der Waals surface area contributed by atoms with Crippen molar-refractivity contribution in [1.82, 2.24) is 0 Å². The van der Waals surface area contributed by atoms with E-state index in [0.29, 0.717) is 13.2 Å². The molecular formula is C17H20O3. The average Bonchev–Trinajstić information content (AvgIpc) is 2.77. The summed E-state index contributed by atoms with van der Waals surface area (Å²) >= 11 is 0. The van der Waals surface area contributed by atoms with Gasteiger partial charge in [0.1, 0.15) is 5.75 Å². The predicted octanol–water partition coefficient (Wildman–Crippen LogP) is 2.94. The number of hydrogen-bond donors (Lipinski definition) is 0. The minimum Gasteiger partial charge on any atom is -0.496 e. The zero-order valence-corrected chi connectivity index (χ0v) is 12.2. The predicted molar refractivity (Wildman–Crippen MR) is 79.6 cm³/mol. The van der Waals surface area contributed by atoms with Crippen LogP contribution in [0.4, 0.5) is 0 Å². The van der Waals surface area contributed by atoms with Crippen molar-refractivity contribution in [3.8, 4) is 5.75 Å². The lowest BCUT2D eigenvalue weighted by atomic mass is 9.82. The maximum atomic E-state index is 5.49. The third-order valence-corrected chi connectivity index (χ3v) is 4.25. The standard InChI is InChI=1S/C17H20O3/c1-18-10-17(11-19-2)9-12-7-8-15(20-3)13-5-4-6-14(17)16(12)13/h4-8H,9-11H2,1-3H3. The molecule has 0 atom stereocenters. The van der Waals surface area contributed by atoms with E-state index >= 15 is 0 Å². The number of hydrogen-bond acceptors (Lipinski definition) is 3. The van der Waals surface area contributed by atoms with Crippen molar-refractivity contribution >= 4 is 10.8 Å². The van der Waals surface area contributed by atoms with Crippen LogP contribution >= 0.6 is 0 Å². The van der Waals surface area contributed by atoms with Crippen LogP contribution in [0.25, 0.3) is 10.8 Å². The number of methoxy groups -OCH3 is 3. The van der Waals surface area contributed by atoms with E-state index < -0.39 is 0 Å². The lowest BCUT2D eigenvalue weighted by Gasteiger charge is -2.29. The van der Waals surface area contributed by atoms with Gasteiger partial charge in [-0.3, -0.25) is 0 Å². The summed E-state index contributed by atoms with van der Waals surface area (Å²) in [5.74, 6) is 0.927. The molecule has 2 aromatic carbocycles. The summed E-state index contributed by atoms with van der Waals surface area (Å²) in [5, 5.41) is 2.48. The second-order valence-corrected chi connectivity index (χ2v) is 5.48. The Balaban J connectivity index is 2.24. The Labute approximate surface area is 119 Å². The van der Waals surface area contributed by atoms with Gasteiger partial charge in [-0.1, -0.05) is 24.3 Å². The van der Waals surface area contributed by atoms with Gasteiger partial charge in [-0.15, -0.1) is 0 Å². The summed E-state index contributed by atoms with van der Waals surface area (Å²) in [5.41, 5.74) is 2.58. The van der Waals surface area contributed by atoms with Crippen molar-refractivity contribution in [1.29, 1.82) is 0 Å². The monoisotopic (exact) mass is 272 g/mol. The highest BCUT2D eigenvalue weighted by Crippen LogP contribution is 2.45. The molecule has 0 N–H and O–H groups in total.